The number of unbranched alkanes of at least 4 members (excludes halogenated alkanes) is 1. The first-order valence-corrected chi connectivity index (χ1v) is 6.54. The fraction of sp³-hybridized carbons (Fsp3) is 0.462. The monoisotopic (exact) mass is 293 g/mol. The highest BCUT2D eigenvalue weighted by Gasteiger charge is 2.23. The second-order valence-electron chi connectivity index (χ2n) is 4.08. The van der Waals surface area contributed by atoms with Crippen LogP contribution in [0.15, 0.2) is 12.1 Å². The van der Waals surface area contributed by atoms with Gasteiger partial charge in [0.15, 0.2) is 0 Å². The van der Waals surface area contributed by atoms with Crippen LogP contribution in [0.25, 0.3) is 0 Å². The maximum absolute atomic E-state index is 13.5. The number of halogens is 4. The zero-order chi connectivity index (χ0) is 14.4. The molecule has 1 aromatic rings. The predicted octanol–water partition coefficient (Wildman–Crippen LogP) is 3.59. The Kier molecular flexibility index (Phi) is 6.15. The third-order valence-electron chi connectivity index (χ3n) is 2.64. The van der Waals surface area contributed by atoms with Crippen LogP contribution in [0.3, 0.4) is 0 Å². The zero-order valence-corrected chi connectivity index (χ0v) is 11.3. The molecule has 0 radical (unpaired) electrons. The van der Waals surface area contributed by atoms with E-state index < -0.39 is 28.9 Å². The highest BCUT2D eigenvalue weighted by molar-refractivity contribution is 6.18. The molecule has 6 heteroatoms. The van der Waals surface area contributed by atoms with Gasteiger partial charge >= 0.3 is 0 Å². The van der Waals surface area contributed by atoms with Gasteiger partial charge in [-0.05, 0) is 6.42 Å². The number of carbonyl (C=O) groups excluding carboxylic acids is 1. The molecule has 106 valence electrons. The number of benzene rings is 1. The smallest absolute Gasteiger partial charge is 0.259 e. The molecule has 2 nitrogen and oxygen atoms in total. The van der Waals surface area contributed by atoms with Crippen molar-refractivity contribution in [3.05, 3.63) is 35.1 Å². The van der Waals surface area contributed by atoms with Gasteiger partial charge in [-0.2, -0.15) is 0 Å². The van der Waals surface area contributed by atoms with E-state index in [9.17, 15) is 18.0 Å². The summed E-state index contributed by atoms with van der Waals surface area (Å²) in [5.41, 5.74) is -0.734. The van der Waals surface area contributed by atoms with Crippen LogP contribution in [-0.2, 0) is 0 Å². The van der Waals surface area contributed by atoms with Crippen molar-refractivity contribution in [1.29, 1.82) is 0 Å². The summed E-state index contributed by atoms with van der Waals surface area (Å²) in [6, 6.07) is 0.990. The van der Waals surface area contributed by atoms with Crippen molar-refractivity contribution in [3.8, 4) is 0 Å². The molecule has 1 amide bonds. The highest BCUT2D eigenvalue weighted by atomic mass is 35.5. The summed E-state index contributed by atoms with van der Waals surface area (Å²) in [7, 11) is 0. The zero-order valence-electron chi connectivity index (χ0n) is 10.6. The molecule has 0 heterocycles. The Morgan fingerprint density at radius 2 is 1.79 bits per heavy atom. The molecule has 0 aromatic heterocycles. The number of hydrogen-bond donors (Lipinski definition) is 0. The Morgan fingerprint density at radius 3 is 2.26 bits per heavy atom. The Bertz CT molecular complexity index is 431. The van der Waals surface area contributed by atoms with Crippen molar-refractivity contribution in [3.63, 3.8) is 0 Å². The fourth-order valence-electron chi connectivity index (χ4n) is 1.67. The van der Waals surface area contributed by atoms with Crippen molar-refractivity contribution in [2.45, 2.75) is 19.8 Å². The average Bonchev–Trinajstić information content (AvgIpc) is 2.33. The molecule has 0 aliphatic heterocycles. The van der Waals surface area contributed by atoms with Crippen LogP contribution < -0.4 is 0 Å². The van der Waals surface area contributed by atoms with E-state index >= 15 is 0 Å². The quantitative estimate of drug-likeness (QED) is 0.734. The number of alkyl halides is 1. The van der Waals surface area contributed by atoms with Crippen molar-refractivity contribution >= 4 is 17.5 Å². The molecule has 0 aliphatic rings. The number of carbonyl (C=O) groups is 1. The minimum atomic E-state index is -1.20. The van der Waals surface area contributed by atoms with Gasteiger partial charge in [0.25, 0.3) is 5.91 Å². The van der Waals surface area contributed by atoms with Gasteiger partial charge in [0, 0.05) is 31.1 Å². The van der Waals surface area contributed by atoms with Gasteiger partial charge in [-0.25, -0.2) is 13.2 Å². The van der Waals surface area contributed by atoms with Gasteiger partial charge in [-0.1, -0.05) is 13.3 Å². The van der Waals surface area contributed by atoms with Crippen LogP contribution in [-0.4, -0.2) is 29.8 Å². The van der Waals surface area contributed by atoms with Gasteiger partial charge in [-0.15, -0.1) is 11.6 Å². The summed E-state index contributed by atoms with van der Waals surface area (Å²) in [5, 5.41) is 0. The summed E-state index contributed by atoms with van der Waals surface area (Å²) >= 11 is 5.57. The first-order valence-electron chi connectivity index (χ1n) is 6.01. The van der Waals surface area contributed by atoms with Gasteiger partial charge < -0.3 is 4.90 Å². The van der Waals surface area contributed by atoms with E-state index in [1.165, 1.54) is 4.90 Å². The van der Waals surface area contributed by atoms with Crippen molar-refractivity contribution in [2.24, 2.45) is 0 Å². The van der Waals surface area contributed by atoms with E-state index in [2.05, 4.69) is 0 Å². The third kappa shape index (κ3) is 4.13. The van der Waals surface area contributed by atoms with Gasteiger partial charge in [0.05, 0.1) is 0 Å². The van der Waals surface area contributed by atoms with Crippen LogP contribution in [0, 0.1) is 17.5 Å². The molecular weight excluding hydrogens is 279 g/mol. The Balaban J connectivity index is 3.02. The molecule has 0 saturated heterocycles. The number of rotatable bonds is 6. The molecule has 0 unspecified atom stereocenters. The minimum absolute atomic E-state index is 0.167. The van der Waals surface area contributed by atoms with E-state index in [0.29, 0.717) is 25.1 Å². The van der Waals surface area contributed by atoms with E-state index in [1.807, 2.05) is 6.92 Å². The summed E-state index contributed by atoms with van der Waals surface area (Å²) in [5.74, 6) is -4.08. The summed E-state index contributed by atoms with van der Waals surface area (Å²) in [4.78, 5) is 13.3. The Morgan fingerprint density at radius 1 is 1.21 bits per heavy atom. The molecule has 19 heavy (non-hydrogen) atoms. The molecule has 0 saturated carbocycles. The largest absolute Gasteiger partial charge is 0.337 e. The van der Waals surface area contributed by atoms with Crippen molar-refractivity contribution in [1.82, 2.24) is 4.90 Å². The molecule has 0 N–H and O–H groups in total. The van der Waals surface area contributed by atoms with Crippen LogP contribution in [0.5, 0.6) is 0 Å². The van der Waals surface area contributed by atoms with Gasteiger partial charge in [-0.3, -0.25) is 4.79 Å². The summed E-state index contributed by atoms with van der Waals surface area (Å²) in [6.45, 7) is 2.48. The highest BCUT2D eigenvalue weighted by Crippen LogP contribution is 2.17. The second kappa shape index (κ2) is 7.38. The number of amides is 1. The summed E-state index contributed by atoms with van der Waals surface area (Å²) in [6.07, 6.45) is 1.54. The molecule has 0 bridgehead atoms. The molecule has 0 aliphatic carbocycles. The summed E-state index contributed by atoms with van der Waals surface area (Å²) < 4.78 is 39.8. The van der Waals surface area contributed by atoms with Crippen molar-refractivity contribution in [2.75, 3.05) is 19.0 Å². The molecule has 0 fully saturated rings. The number of nitrogens with zero attached hydrogens (tertiary/aromatic N) is 1. The standard InChI is InChI=1S/C13H15ClF3NO/c1-2-3-5-18(6-4-14)13(19)12-10(16)7-9(15)8-11(12)17/h7-8H,2-6H2,1H3. The SMILES string of the molecule is CCCCN(CCCl)C(=O)c1c(F)cc(F)cc1F. The lowest BCUT2D eigenvalue weighted by Gasteiger charge is -2.22. The van der Waals surface area contributed by atoms with Crippen LogP contribution in [0.2, 0.25) is 0 Å². The predicted molar refractivity (Wildman–Crippen MR) is 67.8 cm³/mol. The van der Waals surface area contributed by atoms with E-state index in [-0.39, 0.29) is 12.4 Å². The van der Waals surface area contributed by atoms with E-state index in [1.54, 1.807) is 0 Å². The molecular formula is C13H15ClF3NO. The lowest BCUT2D eigenvalue weighted by Crippen LogP contribution is -2.35. The minimum Gasteiger partial charge on any atom is -0.337 e. The van der Waals surface area contributed by atoms with E-state index in [4.69, 9.17) is 11.6 Å². The first kappa shape index (κ1) is 15.8. The van der Waals surface area contributed by atoms with Crippen LogP contribution in [0.4, 0.5) is 13.2 Å². The topological polar surface area (TPSA) is 20.3 Å². The maximum atomic E-state index is 13.5. The maximum Gasteiger partial charge on any atom is 0.259 e. The fourth-order valence-corrected chi connectivity index (χ4v) is 1.87. The third-order valence-corrected chi connectivity index (χ3v) is 2.81. The lowest BCUT2D eigenvalue weighted by molar-refractivity contribution is 0.0753. The van der Waals surface area contributed by atoms with Gasteiger partial charge in [0.2, 0.25) is 0 Å². The van der Waals surface area contributed by atoms with Crippen LogP contribution in [0.1, 0.15) is 30.1 Å². The normalized spacial score (nSPS) is 10.6. The Hall–Kier alpha value is -1.23. The molecule has 0 spiro atoms. The molecule has 1 aromatic carbocycles. The Labute approximate surface area is 115 Å². The lowest BCUT2D eigenvalue weighted by atomic mass is 10.1. The van der Waals surface area contributed by atoms with E-state index in [0.717, 1.165) is 6.42 Å². The second-order valence-corrected chi connectivity index (χ2v) is 4.46. The van der Waals surface area contributed by atoms with Crippen molar-refractivity contribution < 1.29 is 18.0 Å². The molecule has 1 rings (SSSR count). The number of hydrogen-bond acceptors (Lipinski definition) is 1. The van der Waals surface area contributed by atoms with Crippen LogP contribution >= 0.6 is 11.6 Å². The first-order chi connectivity index (χ1) is 9.01. The molecule has 0 atom stereocenters. The average molecular weight is 294 g/mol. The van der Waals surface area contributed by atoms with Gasteiger partial charge in [0.1, 0.15) is 23.0 Å².